The van der Waals surface area contributed by atoms with Crippen molar-refractivity contribution < 1.29 is 0 Å². The molecule has 0 N–H and O–H groups in total. The standard InChI is InChI=1S/C58H35NS/c1-3-18-40-36(14-1)16-11-25-45(40)56-47-22-5-6-23-48(47)57(46-26-12-17-37-15-2-4-19-41(37)46)52-35-39(31-32-49(52)56)59-53-28-9-7-20-43(53)51-34-38(30-33-54(51)59)42-24-13-27-50-44-21-8-10-29-55(44)60-58(42)50/h1-35H. The molecule has 1 nitrogen and oxygen atoms in total. The van der Waals surface area contributed by atoms with Crippen LogP contribution < -0.4 is 0 Å². The van der Waals surface area contributed by atoms with Crippen molar-refractivity contribution in [2.75, 3.05) is 0 Å². The SMILES string of the molecule is c1ccc2c(-c3c4ccccc4c(-c4cccc5ccccc45)c4cc(-n5c6ccccc6c6cc(-c7cccc8c7sc7ccccc78)ccc65)ccc34)cccc2c1. The molecule has 0 bridgehead atoms. The van der Waals surface area contributed by atoms with Gasteiger partial charge in [0, 0.05) is 36.6 Å². The first kappa shape index (κ1) is 33.5. The molecule has 2 heteroatoms. The maximum absolute atomic E-state index is 2.48. The maximum Gasteiger partial charge on any atom is 0.0541 e. The van der Waals surface area contributed by atoms with Gasteiger partial charge in [-0.3, -0.25) is 0 Å². The molecule has 11 aromatic carbocycles. The van der Waals surface area contributed by atoms with E-state index in [4.69, 9.17) is 0 Å². The molecule has 0 saturated heterocycles. The van der Waals surface area contributed by atoms with Crippen LogP contribution in [0.3, 0.4) is 0 Å². The predicted molar refractivity (Wildman–Crippen MR) is 260 cm³/mol. The largest absolute Gasteiger partial charge is 0.309 e. The molecule has 0 saturated carbocycles. The number of fused-ring (bicyclic) bond motifs is 10. The van der Waals surface area contributed by atoms with E-state index in [2.05, 4.69) is 217 Å². The number of benzene rings is 11. The van der Waals surface area contributed by atoms with E-state index in [0.717, 1.165) is 5.69 Å². The number of aromatic nitrogens is 1. The van der Waals surface area contributed by atoms with Crippen molar-refractivity contribution in [3.63, 3.8) is 0 Å². The summed E-state index contributed by atoms with van der Waals surface area (Å²) in [6.45, 7) is 0. The Bertz CT molecular complexity index is 3890. The van der Waals surface area contributed by atoms with Crippen LogP contribution in [0.1, 0.15) is 0 Å². The molecule has 0 unspecified atom stereocenters. The molecule has 2 aromatic heterocycles. The van der Waals surface area contributed by atoms with Crippen LogP contribution in [-0.2, 0) is 0 Å². The van der Waals surface area contributed by atoms with Crippen LogP contribution in [0.25, 0.3) is 124 Å². The molecule has 2 heterocycles. The maximum atomic E-state index is 2.48. The predicted octanol–water partition coefficient (Wildman–Crippen LogP) is 16.8. The van der Waals surface area contributed by atoms with Crippen molar-refractivity contribution in [3.05, 3.63) is 212 Å². The molecule has 0 aliphatic heterocycles. The smallest absolute Gasteiger partial charge is 0.0541 e. The summed E-state index contributed by atoms with van der Waals surface area (Å²) in [4.78, 5) is 0. The molecule has 0 aliphatic carbocycles. The Labute approximate surface area is 350 Å². The van der Waals surface area contributed by atoms with Gasteiger partial charge in [-0.1, -0.05) is 176 Å². The number of hydrogen-bond acceptors (Lipinski definition) is 1. The molecule has 13 aromatic rings. The van der Waals surface area contributed by atoms with Crippen LogP contribution in [0.4, 0.5) is 0 Å². The number of nitrogens with zero attached hydrogens (tertiary/aromatic N) is 1. The minimum Gasteiger partial charge on any atom is -0.309 e. The van der Waals surface area contributed by atoms with E-state index in [9.17, 15) is 0 Å². The highest BCUT2D eigenvalue weighted by Crippen LogP contribution is 2.48. The highest BCUT2D eigenvalue weighted by atomic mass is 32.1. The average molecular weight is 778 g/mol. The van der Waals surface area contributed by atoms with Gasteiger partial charge in [0.25, 0.3) is 0 Å². The Morgan fingerprint density at radius 3 is 1.55 bits per heavy atom. The second-order valence-corrected chi connectivity index (χ2v) is 17.0. The fraction of sp³-hybridized carbons (Fsp3) is 0. The molecule has 0 radical (unpaired) electrons. The van der Waals surface area contributed by atoms with Crippen molar-refractivity contribution in [1.29, 1.82) is 0 Å². The number of thiophene rings is 1. The Morgan fingerprint density at radius 1 is 0.300 bits per heavy atom. The third-order valence-corrected chi connectivity index (χ3v) is 14.0. The third-order valence-electron chi connectivity index (χ3n) is 12.8. The van der Waals surface area contributed by atoms with Crippen LogP contribution in [0.5, 0.6) is 0 Å². The quantitative estimate of drug-likeness (QED) is 0.157. The summed E-state index contributed by atoms with van der Waals surface area (Å²) < 4.78 is 5.15. The normalized spacial score (nSPS) is 12.0. The van der Waals surface area contributed by atoms with Gasteiger partial charge in [-0.15, -0.1) is 11.3 Å². The lowest BCUT2D eigenvalue weighted by Gasteiger charge is -2.21. The first-order chi connectivity index (χ1) is 29.8. The summed E-state index contributed by atoms with van der Waals surface area (Å²) in [5.74, 6) is 0. The molecule has 0 amide bonds. The highest BCUT2D eigenvalue weighted by molar-refractivity contribution is 7.26. The summed E-state index contributed by atoms with van der Waals surface area (Å²) in [5.41, 5.74) is 11.1. The van der Waals surface area contributed by atoms with Gasteiger partial charge in [-0.05, 0) is 113 Å². The van der Waals surface area contributed by atoms with Crippen LogP contribution in [0.15, 0.2) is 212 Å². The van der Waals surface area contributed by atoms with E-state index in [1.807, 2.05) is 11.3 Å². The van der Waals surface area contributed by atoms with Crippen LogP contribution >= 0.6 is 11.3 Å². The van der Waals surface area contributed by atoms with Gasteiger partial charge in [0.05, 0.1) is 11.0 Å². The first-order valence-electron chi connectivity index (χ1n) is 20.7. The average Bonchev–Trinajstić information content (AvgIpc) is 3.86. The second-order valence-electron chi connectivity index (χ2n) is 15.9. The Morgan fingerprint density at radius 2 is 0.817 bits per heavy atom. The van der Waals surface area contributed by atoms with Crippen LogP contribution in [0, 0.1) is 0 Å². The summed E-state index contributed by atoms with van der Waals surface area (Å²) in [7, 11) is 0. The summed E-state index contributed by atoms with van der Waals surface area (Å²) in [6.07, 6.45) is 0. The number of para-hydroxylation sites is 1. The summed E-state index contributed by atoms with van der Waals surface area (Å²) >= 11 is 1.89. The van der Waals surface area contributed by atoms with Gasteiger partial charge in [-0.25, -0.2) is 0 Å². The highest BCUT2D eigenvalue weighted by Gasteiger charge is 2.21. The van der Waals surface area contributed by atoms with Crippen molar-refractivity contribution in [3.8, 4) is 39.1 Å². The van der Waals surface area contributed by atoms with Crippen molar-refractivity contribution >= 4 is 96.4 Å². The van der Waals surface area contributed by atoms with Crippen molar-refractivity contribution in [2.24, 2.45) is 0 Å². The molecule has 0 aliphatic rings. The van der Waals surface area contributed by atoms with Crippen molar-refractivity contribution in [2.45, 2.75) is 0 Å². The van der Waals surface area contributed by atoms with E-state index in [-0.39, 0.29) is 0 Å². The minimum atomic E-state index is 1.15. The lowest BCUT2D eigenvalue weighted by Crippen LogP contribution is -1.97. The fourth-order valence-corrected chi connectivity index (χ4v) is 11.4. The molecule has 278 valence electrons. The van der Waals surface area contributed by atoms with Gasteiger partial charge < -0.3 is 4.57 Å². The molecule has 0 spiro atoms. The number of rotatable bonds is 4. The number of hydrogen-bond donors (Lipinski definition) is 0. The zero-order valence-electron chi connectivity index (χ0n) is 32.6. The zero-order valence-corrected chi connectivity index (χ0v) is 33.4. The second kappa shape index (κ2) is 13.0. The van der Waals surface area contributed by atoms with E-state index < -0.39 is 0 Å². The Balaban J connectivity index is 1.12. The summed E-state index contributed by atoms with van der Waals surface area (Å²) in [6, 6.07) is 78.9. The molecular weight excluding hydrogens is 743 g/mol. The van der Waals surface area contributed by atoms with Gasteiger partial charge in [0.1, 0.15) is 0 Å². The van der Waals surface area contributed by atoms with Gasteiger partial charge in [0.2, 0.25) is 0 Å². The lowest BCUT2D eigenvalue weighted by atomic mass is 9.83. The van der Waals surface area contributed by atoms with E-state index in [0.29, 0.717) is 0 Å². The molecule has 0 atom stereocenters. The van der Waals surface area contributed by atoms with E-state index in [1.165, 1.54) is 118 Å². The van der Waals surface area contributed by atoms with Gasteiger partial charge in [0.15, 0.2) is 0 Å². The van der Waals surface area contributed by atoms with Crippen LogP contribution in [0.2, 0.25) is 0 Å². The van der Waals surface area contributed by atoms with Gasteiger partial charge in [-0.2, -0.15) is 0 Å². The Hall–Kier alpha value is -7.52. The summed E-state index contributed by atoms with van der Waals surface area (Å²) in [5, 5.41) is 15.2. The Kier molecular flexibility index (Phi) is 7.24. The fourth-order valence-electron chi connectivity index (χ4n) is 10.2. The third kappa shape index (κ3) is 4.86. The lowest BCUT2D eigenvalue weighted by molar-refractivity contribution is 1.19. The molecular formula is C58H35NS. The zero-order chi connectivity index (χ0) is 39.3. The van der Waals surface area contributed by atoms with Gasteiger partial charge >= 0.3 is 0 Å². The molecule has 0 fully saturated rings. The van der Waals surface area contributed by atoms with Crippen molar-refractivity contribution in [1.82, 2.24) is 4.57 Å². The minimum absolute atomic E-state index is 1.15. The first-order valence-corrected chi connectivity index (χ1v) is 21.5. The topological polar surface area (TPSA) is 4.93 Å². The van der Waals surface area contributed by atoms with E-state index in [1.54, 1.807) is 0 Å². The molecule has 13 rings (SSSR count). The van der Waals surface area contributed by atoms with Crippen LogP contribution in [-0.4, -0.2) is 4.57 Å². The van der Waals surface area contributed by atoms with E-state index >= 15 is 0 Å². The molecule has 60 heavy (non-hydrogen) atoms. The monoisotopic (exact) mass is 777 g/mol.